The van der Waals surface area contributed by atoms with Crippen LogP contribution in [-0.2, 0) is 16.6 Å². The predicted molar refractivity (Wildman–Crippen MR) is 126 cm³/mol. The molecular weight excluding hydrogens is 440 g/mol. The van der Waals surface area contributed by atoms with Crippen LogP contribution in [0.5, 0.6) is 5.88 Å². The number of fused-ring (bicyclic) bond motifs is 1. The second kappa shape index (κ2) is 8.30. The van der Waals surface area contributed by atoms with E-state index >= 15 is 0 Å². The summed E-state index contributed by atoms with van der Waals surface area (Å²) in [6.07, 6.45) is 2.12. The third-order valence-electron chi connectivity index (χ3n) is 5.22. The normalized spacial score (nSPS) is 13.7. The first-order chi connectivity index (χ1) is 15.8. The molecule has 0 saturated heterocycles. The highest BCUT2D eigenvalue weighted by atomic mass is 32.2. The van der Waals surface area contributed by atoms with E-state index in [4.69, 9.17) is 20.6 Å². The average Bonchev–Trinajstić information content (AvgIpc) is 3.62. The molecule has 4 aromatic rings. The smallest absolute Gasteiger partial charge is 0.245 e. The van der Waals surface area contributed by atoms with Crippen LogP contribution < -0.4 is 20.9 Å². The maximum absolute atomic E-state index is 11.4. The van der Waals surface area contributed by atoms with Crippen LogP contribution in [0.2, 0.25) is 0 Å². The van der Waals surface area contributed by atoms with E-state index in [9.17, 15) is 8.42 Å². The first kappa shape index (κ1) is 21.1. The molecule has 0 radical (unpaired) electrons. The Kier molecular flexibility index (Phi) is 5.31. The van der Waals surface area contributed by atoms with Crippen LogP contribution in [0.3, 0.4) is 0 Å². The van der Waals surface area contributed by atoms with Crippen LogP contribution in [0, 0.1) is 0 Å². The second-order valence-corrected chi connectivity index (χ2v) is 9.46. The van der Waals surface area contributed by atoms with E-state index in [0.29, 0.717) is 35.1 Å². The van der Waals surface area contributed by atoms with Gasteiger partial charge in [0.2, 0.25) is 21.9 Å². The van der Waals surface area contributed by atoms with Gasteiger partial charge in [-0.3, -0.25) is 0 Å². The first-order valence-corrected chi connectivity index (χ1v) is 12.0. The molecule has 2 aromatic heterocycles. The molecule has 1 fully saturated rings. The Morgan fingerprint density at radius 2 is 1.67 bits per heavy atom. The standard InChI is InChI=1S/C23H22N6O3S/c24-16-5-3-15(4-6-16)19-11-12-20-21(27-19)22(32-17-7-8-17)29-23(28-20)26-13-14-1-9-18(10-2-14)33(25,30)31/h1-6,9-12,17H,7-8,13,24H2,(H2,25,30,31)(H,26,28,29). The molecule has 1 aliphatic rings. The Hall–Kier alpha value is -3.76. The van der Waals surface area contributed by atoms with Gasteiger partial charge in [-0.15, -0.1) is 0 Å². The minimum absolute atomic E-state index is 0.0660. The Bertz CT molecular complexity index is 1420. The summed E-state index contributed by atoms with van der Waals surface area (Å²) in [6, 6.07) is 17.6. The van der Waals surface area contributed by atoms with Gasteiger partial charge < -0.3 is 15.8 Å². The lowest BCUT2D eigenvalue weighted by molar-refractivity contribution is 0.294. The number of nitrogens with zero attached hydrogens (tertiary/aromatic N) is 3. The van der Waals surface area contributed by atoms with Crippen molar-refractivity contribution in [3.05, 3.63) is 66.2 Å². The minimum Gasteiger partial charge on any atom is -0.473 e. The van der Waals surface area contributed by atoms with Crippen molar-refractivity contribution in [2.45, 2.75) is 30.4 Å². The van der Waals surface area contributed by atoms with Crippen molar-refractivity contribution in [1.29, 1.82) is 0 Å². The van der Waals surface area contributed by atoms with Gasteiger partial charge in [-0.05, 0) is 54.8 Å². The van der Waals surface area contributed by atoms with Crippen LogP contribution in [-0.4, -0.2) is 29.5 Å². The SMILES string of the molecule is Nc1ccc(-c2ccc3nc(NCc4ccc(S(N)(=O)=O)cc4)nc(OC4CC4)c3n2)cc1. The molecule has 10 heteroatoms. The summed E-state index contributed by atoms with van der Waals surface area (Å²) in [5.74, 6) is 0.836. The molecule has 1 aliphatic carbocycles. The topological polar surface area (TPSA) is 146 Å². The van der Waals surface area contributed by atoms with Gasteiger partial charge in [0.25, 0.3) is 0 Å². The van der Waals surface area contributed by atoms with Crippen LogP contribution in [0.4, 0.5) is 11.6 Å². The van der Waals surface area contributed by atoms with E-state index in [-0.39, 0.29) is 11.0 Å². The Morgan fingerprint density at radius 3 is 2.33 bits per heavy atom. The van der Waals surface area contributed by atoms with Crippen LogP contribution >= 0.6 is 0 Å². The number of nitrogens with one attached hydrogen (secondary N) is 1. The number of ether oxygens (including phenoxy) is 1. The number of rotatable bonds is 7. The molecule has 1 saturated carbocycles. The zero-order valence-electron chi connectivity index (χ0n) is 17.6. The van der Waals surface area contributed by atoms with Crippen molar-refractivity contribution in [3.63, 3.8) is 0 Å². The van der Waals surface area contributed by atoms with E-state index in [2.05, 4.69) is 15.3 Å². The van der Waals surface area contributed by atoms with Gasteiger partial charge >= 0.3 is 0 Å². The van der Waals surface area contributed by atoms with Crippen molar-refractivity contribution >= 4 is 32.7 Å². The summed E-state index contributed by atoms with van der Waals surface area (Å²) in [5, 5.41) is 8.32. The van der Waals surface area contributed by atoms with Crippen LogP contribution in [0.1, 0.15) is 18.4 Å². The summed E-state index contributed by atoms with van der Waals surface area (Å²) in [5.41, 5.74) is 10.3. The fraction of sp³-hybridized carbons (Fsp3) is 0.174. The molecule has 0 spiro atoms. The molecule has 5 N–H and O–H groups in total. The Morgan fingerprint density at radius 1 is 0.939 bits per heavy atom. The maximum atomic E-state index is 11.4. The van der Waals surface area contributed by atoms with E-state index in [1.807, 2.05) is 36.4 Å². The number of primary sulfonamides is 1. The van der Waals surface area contributed by atoms with Gasteiger partial charge in [0.1, 0.15) is 6.10 Å². The molecule has 0 atom stereocenters. The molecule has 9 nitrogen and oxygen atoms in total. The second-order valence-electron chi connectivity index (χ2n) is 7.90. The summed E-state index contributed by atoms with van der Waals surface area (Å²) >= 11 is 0. The highest BCUT2D eigenvalue weighted by molar-refractivity contribution is 7.89. The molecule has 0 aliphatic heterocycles. The van der Waals surface area contributed by atoms with Crippen molar-refractivity contribution < 1.29 is 13.2 Å². The number of nitrogen functional groups attached to an aromatic ring is 1. The fourth-order valence-corrected chi connectivity index (χ4v) is 3.80. The third-order valence-corrected chi connectivity index (χ3v) is 6.15. The highest BCUT2D eigenvalue weighted by Crippen LogP contribution is 2.32. The van der Waals surface area contributed by atoms with Crippen molar-refractivity contribution in [1.82, 2.24) is 15.0 Å². The third kappa shape index (κ3) is 4.86. The summed E-state index contributed by atoms with van der Waals surface area (Å²) < 4.78 is 28.9. The molecule has 2 heterocycles. The lowest BCUT2D eigenvalue weighted by Gasteiger charge is -2.12. The lowest BCUT2D eigenvalue weighted by Crippen LogP contribution is -2.12. The van der Waals surface area contributed by atoms with Crippen LogP contribution in [0.25, 0.3) is 22.3 Å². The van der Waals surface area contributed by atoms with Gasteiger partial charge in [0.05, 0.1) is 16.1 Å². The number of sulfonamides is 1. The Balaban J connectivity index is 1.43. The molecule has 2 aromatic carbocycles. The van der Waals surface area contributed by atoms with Gasteiger partial charge in [-0.1, -0.05) is 24.3 Å². The average molecular weight is 463 g/mol. The molecule has 0 amide bonds. The lowest BCUT2D eigenvalue weighted by atomic mass is 10.1. The van der Waals surface area contributed by atoms with E-state index in [1.165, 1.54) is 12.1 Å². The molecule has 168 valence electrons. The van der Waals surface area contributed by atoms with Crippen molar-refractivity contribution in [2.24, 2.45) is 5.14 Å². The first-order valence-electron chi connectivity index (χ1n) is 10.4. The monoisotopic (exact) mass is 462 g/mol. The molecule has 5 rings (SSSR count). The fourth-order valence-electron chi connectivity index (χ4n) is 3.29. The number of hydrogen-bond donors (Lipinski definition) is 3. The van der Waals surface area contributed by atoms with Gasteiger partial charge in [-0.25, -0.2) is 23.5 Å². The highest BCUT2D eigenvalue weighted by Gasteiger charge is 2.26. The molecule has 0 unspecified atom stereocenters. The zero-order valence-corrected chi connectivity index (χ0v) is 18.4. The minimum atomic E-state index is -3.72. The van der Waals surface area contributed by atoms with E-state index < -0.39 is 10.0 Å². The van der Waals surface area contributed by atoms with Gasteiger partial charge in [0, 0.05) is 17.8 Å². The number of anilines is 2. The number of nitrogens with two attached hydrogens (primary N) is 2. The summed E-state index contributed by atoms with van der Waals surface area (Å²) in [6.45, 7) is 0.399. The predicted octanol–water partition coefficient (Wildman–Crippen LogP) is 3.07. The number of pyridine rings is 1. The largest absolute Gasteiger partial charge is 0.473 e. The van der Waals surface area contributed by atoms with Crippen molar-refractivity contribution in [3.8, 4) is 17.1 Å². The Labute approximate surface area is 190 Å². The summed E-state index contributed by atoms with van der Waals surface area (Å²) in [7, 11) is -3.72. The van der Waals surface area contributed by atoms with E-state index in [1.54, 1.807) is 12.1 Å². The molecule has 0 bridgehead atoms. The van der Waals surface area contributed by atoms with E-state index in [0.717, 1.165) is 29.7 Å². The number of hydrogen-bond acceptors (Lipinski definition) is 8. The van der Waals surface area contributed by atoms with Crippen molar-refractivity contribution in [2.75, 3.05) is 11.1 Å². The summed E-state index contributed by atoms with van der Waals surface area (Å²) in [4.78, 5) is 14.0. The quantitative estimate of drug-likeness (QED) is 0.355. The zero-order chi connectivity index (χ0) is 23.0. The molecular formula is C23H22N6O3S. The number of aromatic nitrogens is 3. The maximum Gasteiger partial charge on any atom is 0.245 e. The van der Waals surface area contributed by atoms with Gasteiger partial charge in [-0.2, -0.15) is 4.98 Å². The van der Waals surface area contributed by atoms with Gasteiger partial charge in [0.15, 0.2) is 5.52 Å². The molecule has 33 heavy (non-hydrogen) atoms. The van der Waals surface area contributed by atoms with Crippen LogP contribution in [0.15, 0.2) is 65.6 Å². The number of benzene rings is 2.